The van der Waals surface area contributed by atoms with Crippen molar-refractivity contribution in [2.75, 3.05) is 27.3 Å². The maximum Gasteiger partial charge on any atom is 0.253 e. The van der Waals surface area contributed by atoms with Crippen LogP contribution in [-0.2, 0) is 4.74 Å². The van der Waals surface area contributed by atoms with E-state index in [4.69, 9.17) is 9.47 Å². The van der Waals surface area contributed by atoms with Crippen LogP contribution in [0.5, 0.6) is 11.5 Å². The number of piperidine rings is 1. The molecule has 1 fully saturated rings. The zero-order valence-corrected chi connectivity index (χ0v) is 11.3. The fourth-order valence-corrected chi connectivity index (χ4v) is 2.30. The summed E-state index contributed by atoms with van der Waals surface area (Å²) in [6.07, 6.45) is 1.95. The molecule has 5 heteroatoms. The van der Waals surface area contributed by atoms with Crippen molar-refractivity contribution in [3.63, 3.8) is 0 Å². The zero-order chi connectivity index (χ0) is 13.8. The molecule has 0 aromatic heterocycles. The van der Waals surface area contributed by atoms with Crippen molar-refractivity contribution in [2.45, 2.75) is 18.9 Å². The number of carbonyl (C=O) groups is 1. The van der Waals surface area contributed by atoms with Crippen LogP contribution >= 0.6 is 0 Å². The molecule has 19 heavy (non-hydrogen) atoms. The summed E-state index contributed by atoms with van der Waals surface area (Å²) in [5.41, 5.74) is 0.481. The zero-order valence-electron chi connectivity index (χ0n) is 11.3. The fraction of sp³-hybridized carbons (Fsp3) is 0.500. The molecule has 0 spiro atoms. The maximum absolute atomic E-state index is 12.3. The normalized spacial score (nSPS) is 16.4. The predicted molar refractivity (Wildman–Crippen MR) is 70.6 cm³/mol. The standard InChI is InChI=1S/C14H19NO4/c1-18-11-5-7-15(8-6-11)14(17)10-3-4-13(19-2)12(16)9-10/h3-4,9,11,16H,5-8H2,1-2H3. The van der Waals surface area contributed by atoms with Gasteiger partial charge in [-0.1, -0.05) is 0 Å². The van der Waals surface area contributed by atoms with E-state index in [0.717, 1.165) is 12.8 Å². The Morgan fingerprint density at radius 1 is 1.32 bits per heavy atom. The number of ether oxygens (including phenoxy) is 2. The van der Waals surface area contributed by atoms with Crippen LogP contribution in [0.1, 0.15) is 23.2 Å². The van der Waals surface area contributed by atoms with Crippen LogP contribution in [0.3, 0.4) is 0 Å². The van der Waals surface area contributed by atoms with Gasteiger partial charge in [0.2, 0.25) is 0 Å². The number of phenols is 1. The number of amides is 1. The predicted octanol–water partition coefficient (Wildman–Crippen LogP) is 1.65. The molecule has 2 rings (SSSR count). The number of hydrogen-bond acceptors (Lipinski definition) is 4. The first-order chi connectivity index (χ1) is 9.15. The average Bonchev–Trinajstić information content (AvgIpc) is 2.46. The van der Waals surface area contributed by atoms with Gasteiger partial charge in [-0.2, -0.15) is 0 Å². The molecule has 104 valence electrons. The summed E-state index contributed by atoms with van der Waals surface area (Å²) in [6.45, 7) is 1.37. The second kappa shape index (κ2) is 5.93. The third kappa shape index (κ3) is 2.98. The van der Waals surface area contributed by atoms with Gasteiger partial charge in [0.05, 0.1) is 13.2 Å². The smallest absolute Gasteiger partial charge is 0.253 e. The van der Waals surface area contributed by atoms with E-state index in [0.29, 0.717) is 24.4 Å². The molecule has 1 aromatic carbocycles. The van der Waals surface area contributed by atoms with Crippen LogP contribution in [0.4, 0.5) is 0 Å². The molecule has 0 atom stereocenters. The summed E-state index contributed by atoms with van der Waals surface area (Å²) < 4.78 is 10.2. The van der Waals surface area contributed by atoms with E-state index in [1.165, 1.54) is 13.2 Å². The van der Waals surface area contributed by atoms with Crippen LogP contribution in [0, 0.1) is 0 Å². The molecule has 0 unspecified atom stereocenters. The van der Waals surface area contributed by atoms with E-state index in [1.54, 1.807) is 24.1 Å². The summed E-state index contributed by atoms with van der Waals surface area (Å²) in [7, 11) is 3.18. The van der Waals surface area contributed by atoms with Gasteiger partial charge in [-0.15, -0.1) is 0 Å². The topological polar surface area (TPSA) is 59.0 Å². The number of rotatable bonds is 3. The molecule has 1 amide bonds. The number of nitrogens with zero attached hydrogens (tertiary/aromatic N) is 1. The minimum absolute atomic E-state index is 0.0138. The monoisotopic (exact) mass is 265 g/mol. The van der Waals surface area contributed by atoms with Gasteiger partial charge in [0.25, 0.3) is 5.91 Å². The van der Waals surface area contributed by atoms with Gasteiger partial charge in [0, 0.05) is 25.8 Å². The first-order valence-electron chi connectivity index (χ1n) is 6.34. The van der Waals surface area contributed by atoms with Crippen LogP contribution in [0.2, 0.25) is 0 Å². The highest BCUT2D eigenvalue weighted by molar-refractivity contribution is 5.95. The van der Waals surface area contributed by atoms with E-state index >= 15 is 0 Å². The lowest BCUT2D eigenvalue weighted by Gasteiger charge is -2.31. The number of carbonyl (C=O) groups excluding carboxylic acids is 1. The number of aromatic hydroxyl groups is 1. The number of likely N-dealkylation sites (tertiary alicyclic amines) is 1. The Bertz CT molecular complexity index is 453. The number of methoxy groups -OCH3 is 2. The van der Waals surface area contributed by atoms with Gasteiger partial charge < -0.3 is 19.5 Å². The molecule has 1 aliphatic heterocycles. The molecule has 5 nitrogen and oxygen atoms in total. The lowest BCUT2D eigenvalue weighted by molar-refractivity contribution is 0.0350. The first-order valence-corrected chi connectivity index (χ1v) is 6.34. The van der Waals surface area contributed by atoms with Gasteiger partial charge in [0.15, 0.2) is 11.5 Å². The largest absolute Gasteiger partial charge is 0.504 e. The van der Waals surface area contributed by atoms with E-state index in [2.05, 4.69) is 0 Å². The third-order valence-corrected chi connectivity index (χ3v) is 3.49. The molecule has 1 N–H and O–H groups in total. The quantitative estimate of drug-likeness (QED) is 0.902. The molecule has 1 aliphatic rings. The van der Waals surface area contributed by atoms with Gasteiger partial charge >= 0.3 is 0 Å². The van der Waals surface area contributed by atoms with Gasteiger partial charge in [0.1, 0.15) is 0 Å². The van der Waals surface area contributed by atoms with E-state index < -0.39 is 0 Å². The van der Waals surface area contributed by atoms with E-state index in [9.17, 15) is 9.90 Å². The van der Waals surface area contributed by atoms with Crippen LogP contribution in [0.25, 0.3) is 0 Å². The Morgan fingerprint density at radius 2 is 2.00 bits per heavy atom. The highest BCUT2D eigenvalue weighted by Gasteiger charge is 2.23. The second-order valence-electron chi connectivity index (χ2n) is 4.61. The average molecular weight is 265 g/mol. The molecule has 0 radical (unpaired) electrons. The molecule has 0 bridgehead atoms. The summed E-state index contributed by atoms with van der Waals surface area (Å²) in [5.74, 6) is 0.294. The van der Waals surface area contributed by atoms with Crippen molar-refractivity contribution in [3.05, 3.63) is 23.8 Å². The van der Waals surface area contributed by atoms with Crippen molar-refractivity contribution >= 4 is 5.91 Å². The molecule has 0 aliphatic carbocycles. The van der Waals surface area contributed by atoms with Crippen molar-refractivity contribution in [3.8, 4) is 11.5 Å². The van der Waals surface area contributed by atoms with Crippen LogP contribution in [-0.4, -0.2) is 49.3 Å². The van der Waals surface area contributed by atoms with E-state index in [-0.39, 0.29) is 17.8 Å². The molecule has 0 saturated carbocycles. The number of benzene rings is 1. The Kier molecular flexibility index (Phi) is 4.27. The molecular weight excluding hydrogens is 246 g/mol. The van der Waals surface area contributed by atoms with Crippen LogP contribution in [0.15, 0.2) is 18.2 Å². The van der Waals surface area contributed by atoms with Crippen molar-refractivity contribution < 1.29 is 19.4 Å². The maximum atomic E-state index is 12.3. The van der Waals surface area contributed by atoms with Gasteiger partial charge in [-0.25, -0.2) is 0 Å². The van der Waals surface area contributed by atoms with Crippen molar-refractivity contribution in [1.29, 1.82) is 0 Å². The van der Waals surface area contributed by atoms with Gasteiger partial charge in [-0.3, -0.25) is 4.79 Å². The second-order valence-corrected chi connectivity index (χ2v) is 4.61. The van der Waals surface area contributed by atoms with Crippen molar-refractivity contribution in [2.24, 2.45) is 0 Å². The highest BCUT2D eigenvalue weighted by Crippen LogP contribution is 2.27. The fourth-order valence-electron chi connectivity index (χ4n) is 2.30. The lowest BCUT2D eigenvalue weighted by Crippen LogP contribution is -2.40. The summed E-state index contributed by atoms with van der Waals surface area (Å²) >= 11 is 0. The molecular formula is C14H19NO4. The van der Waals surface area contributed by atoms with Gasteiger partial charge in [-0.05, 0) is 31.0 Å². The molecule has 1 saturated heterocycles. The Labute approximate surface area is 112 Å². The summed E-state index contributed by atoms with van der Waals surface area (Å²) in [5, 5.41) is 9.70. The minimum Gasteiger partial charge on any atom is -0.504 e. The Balaban J connectivity index is 2.06. The Morgan fingerprint density at radius 3 is 2.53 bits per heavy atom. The SMILES string of the molecule is COc1ccc(C(=O)N2CCC(OC)CC2)cc1O. The molecule has 1 heterocycles. The van der Waals surface area contributed by atoms with Crippen LogP contribution < -0.4 is 4.74 Å². The highest BCUT2D eigenvalue weighted by atomic mass is 16.5. The molecule has 1 aromatic rings. The minimum atomic E-state index is -0.0625. The number of hydrogen-bond donors (Lipinski definition) is 1. The first kappa shape index (κ1) is 13.7. The van der Waals surface area contributed by atoms with E-state index in [1.807, 2.05) is 0 Å². The third-order valence-electron chi connectivity index (χ3n) is 3.49. The summed E-state index contributed by atoms with van der Waals surface area (Å²) in [6, 6.07) is 4.72. The van der Waals surface area contributed by atoms with Crippen molar-refractivity contribution in [1.82, 2.24) is 4.90 Å². The Hall–Kier alpha value is -1.75. The number of phenolic OH excluding ortho intramolecular Hbond substituents is 1. The lowest BCUT2D eigenvalue weighted by atomic mass is 10.1. The summed E-state index contributed by atoms with van der Waals surface area (Å²) in [4.78, 5) is 14.1.